The van der Waals surface area contributed by atoms with Crippen molar-refractivity contribution in [3.8, 4) is 11.4 Å². The number of hydrogen-bond acceptors (Lipinski definition) is 2. The highest BCUT2D eigenvalue weighted by atomic mass is 19.1. The molecule has 25 heavy (non-hydrogen) atoms. The van der Waals surface area contributed by atoms with Gasteiger partial charge in [-0.1, -0.05) is 0 Å². The van der Waals surface area contributed by atoms with Gasteiger partial charge in [0.15, 0.2) is 0 Å². The summed E-state index contributed by atoms with van der Waals surface area (Å²) in [5.74, 6) is -0.303. The summed E-state index contributed by atoms with van der Waals surface area (Å²) in [5, 5.41) is 2.03. The molecule has 0 unspecified atom stereocenters. The number of pyridine rings is 2. The second-order valence-corrected chi connectivity index (χ2v) is 5.87. The van der Waals surface area contributed by atoms with Crippen molar-refractivity contribution >= 4 is 22.1 Å². The molecule has 4 heterocycles. The van der Waals surface area contributed by atoms with Crippen LogP contribution in [0.15, 0.2) is 79.4 Å². The minimum absolute atomic E-state index is 0.303. The zero-order valence-electron chi connectivity index (χ0n) is 13.2. The van der Waals surface area contributed by atoms with E-state index < -0.39 is 0 Å². The quantitative estimate of drug-likeness (QED) is 0.478. The molecule has 4 aromatic heterocycles. The van der Waals surface area contributed by atoms with Crippen molar-refractivity contribution in [2.45, 2.75) is 0 Å². The van der Waals surface area contributed by atoms with Crippen LogP contribution in [0.3, 0.4) is 0 Å². The molecule has 5 rings (SSSR count). The van der Waals surface area contributed by atoms with Gasteiger partial charge in [-0.05, 0) is 54.6 Å². The molecule has 0 aliphatic carbocycles. The number of halogens is 1. The number of hydrogen-bond donors (Lipinski definition) is 0. The van der Waals surface area contributed by atoms with E-state index in [0.717, 1.165) is 33.4 Å². The van der Waals surface area contributed by atoms with Crippen LogP contribution in [0.1, 0.15) is 0 Å². The van der Waals surface area contributed by atoms with Gasteiger partial charge in [-0.15, -0.1) is 0 Å². The van der Waals surface area contributed by atoms with Gasteiger partial charge in [0, 0.05) is 35.6 Å². The van der Waals surface area contributed by atoms with E-state index >= 15 is 0 Å². The fraction of sp³-hybridized carbons (Fsp3) is 0. The van der Waals surface area contributed by atoms with Crippen molar-refractivity contribution in [3.05, 3.63) is 85.2 Å². The van der Waals surface area contributed by atoms with Crippen LogP contribution in [0.25, 0.3) is 33.4 Å². The average molecular weight is 328 g/mol. The Morgan fingerprint density at radius 2 is 1.20 bits per heavy atom. The fourth-order valence-corrected chi connectivity index (χ4v) is 3.19. The lowest BCUT2D eigenvalue weighted by molar-refractivity contribution is 0.625. The van der Waals surface area contributed by atoms with Gasteiger partial charge in [0.1, 0.15) is 17.1 Å². The Morgan fingerprint density at radius 3 is 1.72 bits per heavy atom. The Hall–Kier alpha value is -3.47. The maximum absolute atomic E-state index is 14.3. The van der Waals surface area contributed by atoms with E-state index in [1.54, 1.807) is 12.4 Å². The molecule has 5 heteroatoms. The van der Waals surface area contributed by atoms with Crippen LogP contribution < -0.4 is 0 Å². The zero-order valence-corrected chi connectivity index (χ0v) is 13.2. The molecule has 0 bridgehead atoms. The molecule has 0 aliphatic rings. The molecule has 0 radical (unpaired) electrons. The van der Waals surface area contributed by atoms with Gasteiger partial charge in [0.2, 0.25) is 0 Å². The summed E-state index contributed by atoms with van der Waals surface area (Å²) in [7, 11) is 0. The van der Waals surface area contributed by atoms with Gasteiger partial charge in [-0.25, -0.2) is 14.4 Å². The highest BCUT2D eigenvalue weighted by Gasteiger charge is 2.10. The molecule has 0 saturated carbocycles. The Labute approximate surface area is 142 Å². The van der Waals surface area contributed by atoms with Crippen LogP contribution in [0.2, 0.25) is 0 Å². The highest BCUT2D eigenvalue weighted by molar-refractivity contribution is 5.79. The molecular formula is C20H13FN4. The molecule has 120 valence electrons. The molecule has 0 spiro atoms. The number of fused-ring (bicyclic) bond motifs is 2. The summed E-state index contributed by atoms with van der Waals surface area (Å²) >= 11 is 0. The van der Waals surface area contributed by atoms with E-state index in [4.69, 9.17) is 0 Å². The molecule has 0 amide bonds. The number of rotatable bonds is 2. The maximum atomic E-state index is 14.3. The van der Waals surface area contributed by atoms with Crippen LogP contribution >= 0.6 is 0 Å². The third-order valence-electron chi connectivity index (χ3n) is 4.32. The summed E-state index contributed by atoms with van der Waals surface area (Å²) < 4.78 is 18.1. The minimum Gasteiger partial charge on any atom is -0.301 e. The van der Waals surface area contributed by atoms with Gasteiger partial charge in [-0.3, -0.25) is 0 Å². The second kappa shape index (κ2) is 5.27. The van der Waals surface area contributed by atoms with Crippen molar-refractivity contribution in [3.63, 3.8) is 0 Å². The maximum Gasteiger partial charge on any atom is 0.144 e. The number of aromatic nitrogens is 4. The summed E-state index contributed by atoms with van der Waals surface area (Å²) in [6.07, 6.45) is 7.29. The third kappa shape index (κ3) is 2.21. The highest BCUT2D eigenvalue weighted by Crippen LogP contribution is 2.24. The van der Waals surface area contributed by atoms with E-state index in [0.29, 0.717) is 0 Å². The fourth-order valence-electron chi connectivity index (χ4n) is 3.19. The standard InChI is InChI=1S/C20H13FN4/c21-16-11-17(24-9-5-14-3-1-7-22-19(14)24)13-18(12-16)25-10-6-15-4-2-8-23-20(15)25/h1-13H. The van der Waals surface area contributed by atoms with E-state index in [1.807, 2.05) is 64.0 Å². The van der Waals surface area contributed by atoms with Gasteiger partial charge >= 0.3 is 0 Å². The lowest BCUT2D eigenvalue weighted by Gasteiger charge is -2.10. The van der Waals surface area contributed by atoms with Crippen LogP contribution in [-0.2, 0) is 0 Å². The Bertz CT molecular complexity index is 1130. The Balaban J connectivity index is 1.73. The van der Waals surface area contributed by atoms with Gasteiger partial charge in [0.05, 0.1) is 11.4 Å². The van der Waals surface area contributed by atoms with Gasteiger partial charge in [-0.2, -0.15) is 0 Å². The molecule has 5 aromatic rings. The van der Waals surface area contributed by atoms with E-state index in [2.05, 4.69) is 9.97 Å². The van der Waals surface area contributed by atoms with Crippen LogP contribution in [0.4, 0.5) is 4.39 Å². The second-order valence-electron chi connectivity index (χ2n) is 5.87. The van der Waals surface area contributed by atoms with Gasteiger partial charge < -0.3 is 9.13 Å². The van der Waals surface area contributed by atoms with Crippen molar-refractivity contribution in [1.82, 2.24) is 19.1 Å². The number of nitrogens with zero attached hydrogens (tertiary/aromatic N) is 4. The normalized spacial score (nSPS) is 11.4. The Kier molecular flexibility index (Phi) is 2.94. The molecule has 0 atom stereocenters. The summed E-state index contributed by atoms with van der Waals surface area (Å²) in [4.78, 5) is 8.82. The van der Waals surface area contributed by atoms with Crippen molar-refractivity contribution in [2.75, 3.05) is 0 Å². The first-order valence-corrected chi connectivity index (χ1v) is 7.95. The Morgan fingerprint density at radius 1 is 0.680 bits per heavy atom. The summed E-state index contributed by atoms with van der Waals surface area (Å²) in [6.45, 7) is 0. The lowest BCUT2D eigenvalue weighted by Crippen LogP contribution is -1.99. The SMILES string of the molecule is Fc1cc(-n2ccc3cccnc32)cc(-n2ccc3cccnc32)c1. The number of benzene rings is 1. The average Bonchev–Trinajstić information content (AvgIpc) is 3.25. The van der Waals surface area contributed by atoms with Crippen molar-refractivity contribution in [2.24, 2.45) is 0 Å². The van der Waals surface area contributed by atoms with Crippen LogP contribution in [0, 0.1) is 5.82 Å². The van der Waals surface area contributed by atoms with Gasteiger partial charge in [0.25, 0.3) is 0 Å². The predicted octanol–water partition coefficient (Wildman–Crippen LogP) is 4.50. The van der Waals surface area contributed by atoms with E-state index in [1.165, 1.54) is 12.1 Å². The van der Waals surface area contributed by atoms with E-state index in [9.17, 15) is 4.39 Å². The summed E-state index contributed by atoms with van der Waals surface area (Å²) in [6, 6.07) is 16.7. The molecule has 0 fully saturated rings. The topological polar surface area (TPSA) is 35.6 Å². The molecule has 0 saturated heterocycles. The predicted molar refractivity (Wildman–Crippen MR) is 95.7 cm³/mol. The smallest absolute Gasteiger partial charge is 0.144 e. The molecule has 0 aliphatic heterocycles. The third-order valence-corrected chi connectivity index (χ3v) is 4.32. The molecular weight excluding hydrogens is 315 g/mol. The first kappa shape index (κ1) is 13.9. The van der Waals surface area contributed by atoms with Crippen molar-refractivity contribution in [1.29, 1.82) is 0 Å². The zero-order chi connectivity index (χ0) is 16.8. The first-order chi connectivity index (χ1) is 12.3. The minimum atomic E-state index is -0.303. The lowest BCUT2D eigenvalue weighted by atomic mass is 10.2. The summed E-state index contributed by atoms with van der Waals surface area (Å²) in [5.41, 5.74) is 3.05. The first-order valence-electron chi connectivity index (χ1n) is 7.95. The van der Waals surface area contributed by atoms with E-state index in [-0.39, 0.29) is 5.82 Å². The van der Waals surface area contributed by atoms with Crippen molar-refractivity contribution < 1.29 is 4.39 Å². The largest absolute Gasteiger partial charge is 0.301 e. The molecule has 4 nitrogen and oxygen atoms in total. The van der Waals surface area contributed by atoms with Crippen LogP contribution in [-0.4, -0.2) is 19.1 Å². The molecule has 0 N–H and O–H groups in total. The molecule has 1 aromatic carbocycles. The van der Waals surface area contributed by atoms with Crippen LogP contribution in [0.5, 0.6) is 0 Å². The monoisotopic (exact) mass is 328 g/mol.